The van der Waals surface area contributed by atoms with Crippen LogP contribution in [-0.4, -0.2) is 77.4 Å². The largest absolute Gasteiger partial charge is 0.377 e. The molecule has 0 spiro atoms. The fourth-order valence-corrected chi connectivity index (χ4v) is 4.76. The molecule has 7 nitrogen and oxygen atoms in total. The number of fused-ring (bicyclic) bond motifs is 1. The number of aromatic amines is 1. The fraction of sp³-hybridized carbons (Fsp3) is 0.810. The molecule has 3 aliphatic rings. The first-order valence-electron chi connectivity index (χ1n) is 11.0. The van der Waals surface area contributed by atoms with Crippen molar-refractivity contribution in [3.63, 3.8) is 0 Å². The van der Waals surface area contributed by atoms with Crippen molar-refractivity contribution in [2.45, 2.75) is 70.7 Å². The minimum atomic E-state index is -0.0353. The van der Waals surface area contributed by atoms with Crippen LogP contribution in [0.3, 0.4) is 0 Å². The van der Waals surface area contributed by atoms with E-state index >= 15 is 0 Å². The number of piperidine rings is 2. The maximum absolute atomic E-state index is 13.0. The third kappa shape index (κ3) is 4.42. The van der Waals surface area contributed by atoms with Crippen molar-refractivity contribution in [1.82, 2.24) is 20.0 Å². The number of nitrogens with zero attached hydrogens (tertiary/aromatic N) is 3. The van der Waals surface area contributed by atoms with E-state index in [1.54, 1.807) is 0 Å². The molecule has 1 aromatic heterocycles. The lowest BCUT2D eigenvalue weighted by Gasteiger charge is -2.33. The van der Waals surface area contributed by atoms with Crippen LogP contribution < -0.4 is 0 Å². The van der Waals surface area contributed by atoms with Gasteiger partial charge in [0, 0.05) is 31.6 Å². The summed E-state index contributed by atoms with van der Waals surface area (Å²) < 4.78 is 11.9. The molecule has 3 aliphatic heterocycles. The van der Waals surface area contributed by atoms with Gasteiger partial charge in [-0.2, -0.15) is 5.10 Å². The first kappa shape index (κ1) is 19.9. The zero-order chi connectivity index (χ0) is 19.5. The SMILES string of the molecule is C[C@@H]1Cc2c(C(=O)N3CCC(OCCN4CCCCC4)CC3)n[nH]c2[C@H](C)O1. The number of carbonyl (C=O) groups excluding carboxylic acids is 1. The Hall–Kier alpha value is -1.44. The average molecular weight is 391 g/mol. The number of aromatic nitrogens is 2. The molecule has 1 N–H and O–H groups in total. The van der Waals surface area contributed by atoms with Gasteiger partial charge >= 0.3 is 0 Å². The van der Waals surface area contributed by atoms with E-state index in [-0.39, 0.29) is 24.2 Å². The van der Waals surface area contributed by atoms with Crippen LogP contribution in [0.2, 0.25) is 0 Å². The van der Waals surface area contributed by atoms with Gasteiger partial charge in [0.2, 0.25) is 0 Å². The van der Waals surface area contributed by atoms with Crippen molar-refractivity contribution in [2.75, 3.05) is 39.3 Å². The summed E-state index contributed by atoms with van der Waals surface area (Å²) in [4.78, 5) is 17.5. The Morgan fingerprint density at radius 2 is 1.93 bits per heavy atom. The maximum atomic E-state index is 13.0. The van der Waals surface area contributed by atoms with E-state index in [0.717, 1.165) is 56.8 Å². The maximum Gasteiger partial charge on any atom is 0.274 e. The lowest BCUT2D eigenvalue weighted by molar-refractivity contribution is -0.00732. The van der Waals surface area contributed by atoms with E-state index in [9.17, 15) is 4.79 Å². The number of ether oxygens (including phenoxy) is 2. The molecule has 0 saturated carbocycles. The molecule has 156 valence electrons. The zero-order valence-corrected chi connectivity index (χ0v) is 17.3. The topological polar surface area (TPSA) is 70.7 Å². The molecule has 0 unspecified atom stereocenters. The van der Waals surface area contributed by atoms with Crippen molar-refractivity contribution in [1.29, 1.82) is 0 Å². The van der Waals surface area contributed by atoms with Crippen molar-refractivity contribution >= 4 is 5.91 Å². The van der Waals surface area contributed by atoms with E-state index in [2.05, 4.69) is 15.1 Å². The number of H-pyrrole nitrogens is 1. The minimum absolute atomic E-state index is 0.0353. The van der Waals surface area contributed by atoms with Crippen molar-refractivity contribution in [2.24, 2.45) is 0 Å². The average Bonchev–Trinajstić information content (AvgIpc) is 3.13. The smallest absolute Gasteiger partial charge is 0.274 e. The lowest BCUT2D eigenvalue weighted by atomic mass is 9.98. The number of hydrogen-bond acceptors (Lipinski definition) is 5. The molecular weight excluding hydrogens is 356 g/mol. The first-order valence-corrected chi connectivity index (χ1v) is 11.0. The van der Waals surface area contributed by atoms with E-state index in [4.69, 9.17) is 9.47 Å². The molecule has 2 saturated heterocycles. The van der Waals surface area contributed by atoms with Gasteiger partial charge < -0.3 is 19.3 Å². The number of nitrogens with one attached hydrogen (secondary N) is 1. The molecule has 4 heterocycles. The van der Waals surface area contributed by atoms with Crippen molar-refractivity contribution in [3.05, 3.63) is 17.0 Å². The number of carbonyl (C=O) groups is 1. The van der Waals surface area contributed by atoms with Gasteiger partial charge in [-0.25, -0.2) is 0 Å². The molecule has 28 heavy (non-hydrogen) atoms. The Bertz CT molecular complexity index is 663. The van der Waals surface area contributed by atoms with Gasteiger partial charge in [0.05, 0.1) is 30.6 Å². The third-order valence-electron chi connectivity index (χ3n) is 6.38. The molecule has 0 bridgehead atoms. The van der Waals surface area contributed by atoms with Crippen molar-refractivity contribution in [3.8, 4) is 0 Å². The number of hydrogen-bond donors (Lipinski definition) is 1. The summed E-state index contributed by atoms with van der Waals surface area (Å²) in [7, 11) is 0. The monoisotopic (exact) mass is 390 g/mol. The molecule has 2 fully saturated rings. The van der Waals surface area contributed by atoms with E-state index < -0.39 is 0 Å². The van der Waals surface area contributed by atoms with Crippen molar-refractivity contribution < 1.29 is 14.3 Å². The van der Waals surface area contributed by atoms with Gasteiger partial charge in [0.25, 0.3) is 5.91 Å². The van der Waals surface area contributed by atoms with Crippen LogP contribution in [0.5, 0.6) is 0 Å². The molecular formula is C21H34N4O3. The van der Waals surface area contributed by atoms with Gasteiger partial charge in [-0.05, 0) is 52.6 Å². The van der Waals surface area contributed by atoms with Crippen LogP contribution >= 0.6 is 0 Å². The van der Waals surface area contributed by atoms with Crippen LogP contribution in [0.1, 0.15) is 73.8 Å². The second-order valence-corrected chi connectivity index (χ2v) is 8.52. The summed E-state index contributed by atoms with van der Waals surface area (Å²) in [5.74, 6) is 0.0468. The van der Waals surface area contributed by atoms with Gasteiger partial charge in [0.15, 0.2) is 5.69 Å². The van der Waals surface area contributed by atoms with E-state index in [0.29, 0.717) is 5.69 Å². The number of amides is 1. The Balaban J connectivity index is 1.25. The van der Waals surface area contributed by atoms with Gasteiger partial charge in [-0.3, -0.25) is 9.89 Å². The summed E-state index contributed by atoms with van der Waals surface area (Å²) in [5.41, 5.74) is 2.58. The molecule has 1 amide bonds. The lowest BCUT2D eigenvalue weighted by Crippen LogP contribution is -2.42. The highest BCUT2D eigenvalue weighted by Gasteiger charge is 2.32. The molecule has 0 radical (unpaired) electrons. The Morgan fingerprint density at radius 1 is 1.18 bits per heavy atom. The highest BCUT2D eigenvalue weighted by molar-refractivity contribution is 5.94. The van der Waals surface area contributed by atoms with Gasteiger partial charge in [-0.1, -0.05) is 6.42 Å². The fourth-order valence-electron chi connectivity index (χ4n) is 4.76. The Labute approximate surface area is 167 Å². The summed E-state index contributed by atoms with van der Waals surface area (Å²) in [5, 5.41) is 7.38. The zero-order valence-electron chi connectivity index (χ0n) is 17.3. The van der Waals surface area contributed by atoms with E-state index in [1.807, 2.05) is 18.7 Å². The molecule has 0 aliphatic carbocycles. The second kappa shape index (κ2) is 8.93. The van der Waals surface area contributed by atoms with Crippen LogP contribution in [0.4, 0.5) is 0 Å². The molecule has 2 atom stereocenters. The summed E-state index contributed by atoms with van der Waals surface area (Å²) in [6, 6.07) is 0. The third-order valence-corrected chi connectivity index (χ3v) is 6.38. The minimum Gasteiger partial charge on any atom is -0.377 e. The van der Waals surface area contributed by atoms with E-state index in [1.165, 1.54) is 32.4 Å². The normalized spacial score (nSPS) is 27.0. The highest BCUT2D eigenvalue weighted by Crippen LogP contribution is 2.31. The highest BCUT2D eigenvalue weighted by atomic mass is 16.5. The Kier molecular flexibility index (Phi) is 6.33. The summed E-state index contributed by atoms with van der Waals surface area (Å²) >= 11 is 0. The second-order valence-electron chi connectivity index (χ2n) is 8.52. The number of likely N-dealkylation sites (tertiary alicyclic amines) is 2. The number of rotatable bonds is 5. The standard InChI is InChI=1S/C21H34N4O3/c1-15-14-18-19(16(2)28-15)22-23-20(18)21(26)25-10-6-17(7-11-25)27-13-12-24-8-4-3-5-9-24/h15-17H,3-14H2,1-2H3,(H,22,23)/t15-,16+/m1/s1. The molecule has 7 heteroatoms. The summed E-state index contributed by atoms with van der Waals surface area (Å²) in [6.07, 6.45) is 6.93. The predicted molar refractivity (Wildman–Crippen MR) is 106 cm³/mol. The first-order chi connectivity index (χ1) is 13.6. The summed E-state index contributed by atoms with van der Waals surface area (Å²) in [6.45, 7) is 9.82. The van der Waals surface area contributed by atoms with Crippen LogP contribution in [0.25, 0.3) is 0 Å². The molecule has 4 rings (SSSR count). The Morgan fingerprint density at radius 3 is 2.68 bits per heavy atom. The van der Waals surface area contributed by atoms with Gasteiger partial charge in [-0.15, -0.1) is 0 Å². The molecule has 0 aromatic carbocycles. The predicted octanol–water partition coefficient (Wildman–Crippen LogP) is 2.54. The quantitative estimate of drug-likeness (QED) is 0.837. The van der Waals surface area contributed by atoms with Crippen LogP contribution in [-0.2, 0) is 15.9 Å². The van der Waals surface area contributed by atoms with Gasteiger partial charge in [0.1, 0.15) is 0 Å². The van der Waals surface area contributed by atoms with Crippen LogP contribution in [0.15, 0.2) is 0 Å². The molecule has 1 aromatic rings. The van der Waals surface area contributed by atoms with Crippen LogP contribution in [0, 0.1) is 0 Å².